The smallest absolute Gasteiger partial charge is 0.317 e. The summed E-state index contributed by atoms with van der Waals surface area (Å²) in [4.78, 5) is 18.1. The number of methoxy groups -OCH3 is 1. The summed E-state index contributed by atoms with van der Waals surface area (Å²) in [5, 5.41) is 5.83. The van der Waals surface area contributed by atoms with Crippen molar-refractivity contribution in [3.05, 3.63) is 45.7 Å². The molecule has 0 spiro atoms. The van der Waals surface area contributed by atoms with Crippen LogP contribution in [0.25, 0.3) is 0 Å². The molecule has 24 heavy (non-hydrogen) atoms. The Morgan fingerprint density at radius 1 is 1.46 bits per heavy atom. The third kappa shape index (κ3) is 4.67. The highest BCUT2D eigenvalue weighted by Crippen LogP contribution is 2.20. The van der Waals surface area contributed by atoms with Gasteiger partial charge in [0.05, 0.1) is 24.4 Å². The maximum Gasteiger partial charge on any atom is 0.317 e. The average Bonchev–Trinajstić information content (AvgIpc) is 3.02. The zero-order chi connectivity index (χ0) is 17.7. The van der Waals surface area contributed by atoms with Gasteiger partial charge in [-0.1, -0.05) is 19.9 Å². The van der Waals surface area contributed by atoms with Crippen molar-refractivity contribution in [1.82, 2.24) is 15.2 Å². The molecule has 0 atom stereocenters. The SMILES string of the molecule is COc1ccc(CN(C)C(=O)NCc2csc(C(C)C)n2)cc1F. The Kier molecular flexibility index (Phi) is 6.14. The minimum atomic E-state index is -0.438. The van der Waals surface area contributed by atoms with Crippen LogP contribution < -0.4 is 10.1 Å². The predicted molar refractivity (Wildman–Crippen MR) is 92.9 cm³/mol. The standard InChI is InChI=1S/C17H22FN3O2S/c1-11(2)16-20-13(10-24-16)8-19-17(22)21(3)9-12-5-6-15(23-4)14(18)7-12/h5-7,10-11H,8-9H2,1-4H3,(H,19,22). The highest BCUT2D eigenvalue weighted by molar-refractivity contribution is 7.09. The number of hydrogen-bond donors (Lipinski definition) is 1. The van der Waals surface area contributed by atoms with Crippen molar-refractivity contribution in [1.29, 1.82) is 0 Å². The number of halogens is 1. The van der Waals surface area contributed by atoms with E-state index in [2.05, 4.69) is 24.1 Å². The molecule has 2 amide bonds. The van der Waals surface area contributed by atoms with Gasteiger partial charge >= 0.3 is 6.03 Å². The first-order valence-electron chi connectivity index (χ1n) is 7.66. The van der Waals surface area contributed by atoms with Crippen molar-refractivity contribution in [3.63, 3.8) is 0 Å². The lowest BCUT2D eigenvalue weighted by molar-refractivity contribution is 0.206. The number of carbonyl (C=O) groups is 1. The van der Waals surface area contributed by atoms with Crippen molar-refractivity contribution >= 4 is 17.4 Å². The number of hydrogen-bond acceptors (Lipinski definition) is 4. The lowest BCUT2D eigenvalue weighted by Crippen LogP contribution is -2.36. The predicted octanol–water partition coefficient (Wildman–Crippen LogP) is 3.76. The molecule has 0 bridgehead atoms. The molecule has 1 heterocycles. The van der Waals surface area contributed by atoms with Gasteiger partial charge in [-0.2, -0.15) is 0 Å². The molecule has 1 aromatic heterocycles. The van der Waals surface area contributed by atoms with Crippen LogP contribution in [0.3, 0.4) is 0 Å². The lowest BCUT2D eigenvalue weighted by Gasteiger charge is -2.18. The summed E-state index contributed by atoms with van der Waals surface area (Å²) in [6.07, 6.45) is 0. The third-order valence-electron chi connectivity index (χ3n) is 3.47. The summed E-state index contributed by atoms with van der Waals surface area (Å²) in [5.41, 5.74) is 1.54. The Balaban J connectivity index is 1.88. The van der Waals surface area contributed by atoms with Gasteiger partial charge < -0.3 is 15.0 Å². The van der Waals surface area contributed by atoms with Crippen LogP contribution >= 0.6 is 11.3 Å². The third-order valence-corrected chi connectivity index (χ3v) is 4.66. The van der Waals surface area contributed by atoms with E-state index in [1.54, 1.807) is 30.5 Å². The number of rotatable bonds is 6. The maximum atomic E-state index is 13.7. The van der Waals surface area contributed by atoms with Crippen molar-refractivity contribution in [3.8, 4) is 5.75 Å². The van der Waals surface area contributed by atoms with E-state index in [1.807, 2.05) is 5.38 Å². The van der Waals surface area contributed by atoms with Crippen LogP contribution in [0.2, 0.25) is 0 Å². The first-order valence-corrected chi connectivity index (χ1v) is 8.54. The van der Waals surface area contributed by atoms with Gasteiger partial charge in [-0.15, -0.1) is 11.3 Å². The number of nitrogens with zero attached hydrogens (tertiary/aromatic N) is 2. The number of nitrogens with one attached hydrogen (secondary N) is 1. The number of aromatic nitrogens is 1. The Labute approximate surface area is 145 Å². The Morgan fingerprint density at radius 3 is 2.79 bits per heavy atom. The molecule has 0 unspecified atom stereocenters. The maximum absolute atomic E-state index is 13.7. The molecule has 130 valence electrons. The van der Waals surface area contributed by atoms with E-state index in [-0.39, 0.29) is 11.8 Å². The van der Waals surface area contributed by atoms with Crippen LogP contribution in [-0.4, -0.2) is 30.1 Å². The molecule has 0 aliphatic carbocycles. The van der Waals surface area contributed by atoms with Gasteiger partial charge in [-0.25, -0.2) is 14.2 Å². The highest BCUT2D eigenvalue weighted by atomic mass is 32.1. The summed E-state index contributed by atoms with van der Waals surface area (Å²) in [7, 11) is 3.08. The van der Waals surface area contributed by atoms with Gasteiger partial charge in [0.25, 0.3) is 0 Å². The number of ether oxygens (including phenoxy) is 1. The fraction of sp³-hybridized carbons (Fsp3) is 0.412. The Bertz CT molecular complexity index is 703. The van der Waals surface area contributed by atoms with Crippen LogP contribution in [0, 0.1) is 5.82 Å². The van der Waals surface area contributed by atoms with E-state index < -0.39 is 5.82 Å². The fourth-order valence-corrected chi connectivity index (χ4v) is 2.96. The summed E-state index contributed by atoms with van der Waals surface area (Å²) in [5.74, 6) is 0.134. The number of amides is 2. The first-order chi connectivity index (χ1) is 11.4. The molecule has 1 N–H and O–H groups in total. The van der Waals surface area contributed by atoms with E-state index >= 15 is 0 Å². The molecule has 1 aromatic carbocycles. The van der Waals surface area contributed by atoms with Crippen molar-refractivity contribution in [2.45, 2.75) is 32.9 Å². The van der Waals surface area contributed by atoms with Crippen LogP contribution in [-0.2, 0) is 13.1 Å². The van der Waals surface area contributed by atoms with Crippen LogP contribution in [0.1, 0.15) is 36.0 Å². The summed E-state index contributed by atoms with van der Waals surface area (Å²) < 4.78 is 18.6. The molecule has 0 saturated heterocycles. The van der Waals surface area contributed by atoms with E-state index in [9.17, 15) is 9.18 Å². The zero-order valence-corrected chi connectivity index (χ0v) is 15.1. The van der Waals surface area contributed by atoms with Crippen molar-refractivity contribution < 1.29 is 13.9 Å². The fourth-order valence-electron chi connectivity index (χ4n) is 2.12. The Morgan fingerprint density at radius 2 is 2.21 bits per heavy atom. The number of thiazole rings is 1. The van der Waals surface area contributed by atoms with Crippen molar-refractivity contribution in [2.75, 3.05) is 14.2 Å². The lowest BCUT2D eigenvalue weighted by atomic mass is 10.2. The monoisotopic (exact) mass is 351 g/mol. The minimum absolute atomic E-state index is 0.190. The zero-order valence-electron chi connectivity index (χ0n) is 14.3. The molecule has 0 saturated carbocycles. The summed E-state index contributed by atoms with van der Waals surface area (Å²) >= 11 is 1.60. The molecule has 5 nitrogen and oxygen atoms in total. The summed E-state index contributed by atoms with van der Waals surface area (Å²) in [6, 6.07) is 4.43. The normalized spacial score (nSPS) is 10.8. The Hall–Kier alpha value is -2.15. The first kappa shape index (κ1) is 18.2. The minimum Gasteiger partial charge on any atom is -0.494 e. The average molecular weight is 351 g/mol. The molecule has 2 aromatic rings. The van der Waals surface area contributed by atoms with Crippen LogP contribution in [0.4, 0.5) is 9.18 Å². The molecule has 0 fully saturated rings. The topological polar surface area (TPSA) is 54.5 Å². The second-order valence-corrected chi connectivity index (χ2v) is 6.71. The summed E-state index contributed by atoms with van der Waals surface area (Å²) in [6.45, 7) is 4.86. The van der Waals surface area contributed by atoms with Gasteiger partial charge in [-0.3, -0.25) is 0 Å². The second kappa shape index (κ2) is 8.10. The number of urea groups is 1. The largest absolute Gasteiger partial charge is 0.494 e. The van der Waals surface area contributed by atoms with E-state index in [0.29, 0.717) is 24.6 Å². The van der Waals surface area contributed by atoms with Crippen molar-refractivity contribution in [2.24, 2.45) is 0 Å². The van der Waals surface area contributed by atoms with Gasteiger partial charge in [0.2, 0.25) is 0 Å². The highest BCUT2D eigenvalue weighted by Gasteiger charge is 2.12. The molecule has 7 heteroatoms. The second-order valence-electron chi connectivity index (χ2n) is 5.82. The number of benzene rings is 1. The molecule has 0 radical (unpaired) electrons. The molecular formula is C17H22FN3O2S. The molecular weight excluding hydrogens is 329 g/mol. The molecule has 0 aliphatic rings. The van der Waals surface area contributed by atoms with Gasteiger partial charge in [0, 0.05) is 24.9 Å². The van der Waals surface area contributed by atoms with E-state index in [4.69, 9.17) is 4.74 Å². The number of carbonyl (C=O) groups excluding carboxylic acids is 1. The van der Waals surface area contributed by atoms with Crippen LogP contribution in [0.15, 0.2) is 23.6 Å². The van der Waals surface area contributed by atoms with E-state index in [0.717, 1.165) is 10.7 Å². The van der Waals surface area contributed by atoms with Crippen LogP contribution in [0.5, 0.6) is 5.75 Å². The van der Waals surface area contributed by atoms with Gasteiger partial charge in [-0.05, 0) is 17.7 Å². The quantitative estimate of drug-likeness (QED) is 0.862. The van der Waals surface area contributed by atoms with Gasteiger partial charge in [0.15, 0.2) is 11.6 Å². The molecule has 2 rings (SSSR count). The van der Waals surface area contributed by atoms with Gasteiger partial charge in [0.1, 0.15) is 0 Å². The van der Waals surface area contributed by atoms with E-state index in [1.165, 1.54) is 18.1 Å². The molecule has 0 aliphatic heterocycles.